The normalized spacial score (nSPS) is 12.3. The Kier molecular flexibility index (Phi) is 65.6. The summed E-state index contributed by atoms with van der Waals surface area (Å²) in [6, 6.07) is 0. The Morgan fingerprint density at radius 2 is 0.456 bits per heavy atom. The van der Waals surface area contributed by atoms with Gasteiger partial charge in [-0.15, -0.1) is 0 Å². The van der Waals surface area contributed by atoms with Crippen LogP contribution in [0.4, 0.5) is 0 Å². The zero-order valence-electron chi connectivity index (χ0n) is 53.2. The van der Waals surface area contributed by atoms with Crippen LogP contribution >= 0.6 is 0 Å². The molecule has 0 amide bonds. The molecule has 0 radical (unpaired) electrons. The van der Waals surface area contributed by atoms with E-state index in [1.54, 1.807) is 0 Å². The van der Waals surface area contributed by atoms with E-state index in [2.05, 4.69) is 69.4 Å². The number of esters is 3. The Morgan fingerprint density at radius 3 is 0.734 bits per heavy atom. The monoisotopic (exact) mass is 1110 g/mol. The first kappa shape index (κ1) is 76.4. The van der Waals surface area contributed by atoms with E-state index in [1.165, 1.54) is 263 Å². The summed E-state index contributed by atoms with van der Waals surface area (Å²) in [7, 11) is 0. The molecule has 0 aromatic heterocycles. The lowest BCUT2D eigenvalue weighted by Crippen LogP contribution is -2.30. The van der Waals surface area contributed by atoms with Crippen LogP contribution in [0.2, 0.25) is 0 Å². The Hall–Kier alpha value is -2.63. The van der Waals surface area contributed by atoms with Gasteiger partial charge in [0.05, 0.1) is 0 Å². The van der Waals surface area contributed by atoms with E-state index in [4.69, 9.17) is 14.2 Å². The number of unbranched alkanes of at least 4 members (excludes halogenated alkanes) is 46. The highest BCUT2D eigenvalue weighted by Gasteiger charge is 2.19. The lowest BCUT2D eigenvalue weighted by molar-refractivity contribution is -0.167. The maximum Gasteiger partial charge on any atom is 0.306 e. The summed E-state index contributed by atoms with van der Waals surface area (Å²) in [6.45, 7) is 6.66. The third-order valence-electron chi connectivity index (χ3n) is 15.8. The SMILES string of the molecule is CCCCC/C=C\C/C=C\CCCCCCCCCCCC(=O)OC(COC(=O)CCCCCCCCC/C=C\C/C=C\CCCCCC)COC(=O)CCCCCCCCCCCCCCCCCCCCCCCCCC. The van der Waals surface area contributed by atoms with Crippen molar-refractivity contribution < 1.29 is 28.6 Å². The molecule has 0 spiro atoms. The fraction of sp³-hybridized carbons (Fsp3) is 0.849. The average Bonchev–Trinajstić information content (AvgIpc) is 3.45. The van der Waals surface area contributed by atoms with E-state index < -0.39 is 6.10 Å². The van der Waals surface area contributed by atoms with Crippen LogP contribution in [-0.2, 0) is 28.6 Å². The third kappa shape index (κ3) is 66.1. The minimum Gasteiger partial charge on any atom is -0.462 e. The smallest absolute Gasteiger partial charge is 0.306 e. The maximum absolute atomic E-state index is 13.0. The van der Waals surface area contributed by atoms with E-state index in [-0.39, 0.29) is 31.1 Å². The minimum absolute atomic E-state index is 0.0733. The van der Waals surface area contributed by atoms with Crippen molar-refractivity contribution in [2.24, 2.45) is 0 Å². The Bertz CT molecular complexity index is 1360. The largest absolute Gasteiger partial charge is 0.462 e. The molecule has 0 N–H and O–H groups in total. The second-order valence-electron chi connectivity index (χ2n) is 23.8. The summed E-state index contributed by atoms with van der Waals surface area (Å²) < 4.78 is 17.0. The number of hydrogen-bond acceptors (Lipinski definition) is 6. The average molecular weight is 1110 g/mol. The molecule has 0 rings (SSSR count). The van der Waals surface area contributed by atoms with Crippen LogP contribution in [0.5, 0.6) is 0 Å². The zero-order chi connectivity index (χ0) is 57.1. The van der Waals surface area contributed by atoms with Gasteiger partial charge in [0.15, 0.2) is 6.10 Å². The predicted octanol–water partition coefficient (Wildman–Crippen LogP) is 24.1. The molecular weight excluding hydrogens is 973 g/mol. The topological polar surface area (TPSA) is 78.9 Å². The fourth-order valence-corrected chi connectivity index (χ4v) is 10.5. The van der Waals surface area contributed by atoms with Crippen molar-refractivity contribution >= 4 is 17.9 Å². The summed E-state index contributed by atoms with van der Waals surface area (Å²) >= 11 is 0. The number of allylic oxidation sites excluding steroid dienone is 8. The molecule has 0 aromatic carbocycles. The van der Waals surface area contributed by atoms with Gasteiger partial charge in [0.1, 0.15) is 13.2 Å². The molecule has 79 heavy (non-hydrogen) atoms. The molecule has 1 atom stereocenters. The van der Waals surface area contributed by atoms with Crippen molar-refractivity contribution in [1.82, 2.24) is 0 Å². The first-order chi connectivity index (χ1) is 39.0. The molecule has 0 aromatic rings. The summed E-state index contributed by atoms with van der Waals surface area (Å²) in [5, 5.41) is 0. The summed E-state index contributed by atoms with van der Waals surface area (Å²) in [5.74, 6) is -0.859. The van der Waals surface area contributed by atoms with E-state index in [0.29, 0.717) is 19.3 Å². The van der Waals surface area contributed by atoms with Crippen molar-refractivity contribution in [1.29, 1.82) is 0 Å². The fourth-order valence-electron chi connectivity index (χ4n) is 10.5. The summed E-state index contributed by atoms with van der Waals surface area (Å²) in [4.78, 5) is 38.5. The maximum atomic E-state index is 13.0. The molecule has 462 valence electrons. The highest BCUT2D eigenvalue weighted by atomic mass is 16.6. The molecule has 1 unspecified atom stereocenters. The first-order valence-electron chi connectivity index (χ1n) is 35.1. The summed E-state index contributed by atoms with van der Waals surface area (Å²) in [5.41, 5.74) is 0. The van der Waals surface area contributed by atoms with Gasteiger partial charge in [-0.25, -0.2) is 0 Å². The van der Waals surface area contributed by atoms with Crippen molar-refractivity contribution in [2.45, 2.75) is 386 Å². The molecule has 0 saturated heterocycles. The van der Waals surface area contributed by atoms with Gasteiger partial charge in [-0.2, -0.15) is 0 Å². The highest BCUT2D eigenvalue weighted by Crippen LogP contribution is 2.18. The second-order valence-corrected chi connectivity index (χ2v) is 23.8. The zero-order valence-corrected chi connectivity index (χ0v) is 53.2. The van der Waals surface area contributed by atoms with Crippen LogP contribution in [0.25, 0.3) is 0 Å². The molecule has 0 fully saturated rings. The standard InChI is InChI=1S/C73H134O6/c1-4-7-10-13-16-19-22-25-28-31-34-35-36-37-38-40-42-45-48-51-54-57-60-63-66-72(75)78-69-70(68-77-71(74)65-62-59-56-53-50-47-44-41-33-30-27-24-21-18-15-12-9-6-3)79-73(76)67-64-61-58-55-52-49-46-43-39-32-29-26-23-20-17-14-11-8-5-2/h17,20-21,24,26,29-30,33,70H,4-16,18-19,22-23,25,27-28,31-32,34-69H2,1-3H3/b20-17-,24-21-,29-26-,33-30-. The van der Waals surface area contributed by atoms with Crippen molar-refractivity contribution in [3.8, 4) is 0 Å². The Balaban J connectivity index is 4.31. The lowest BCUT2D eigenvalue weighted by Gasteiger charge is -2.18. The van der Waals surface area contributed by atoms with Gasteiger partial charge in [0, 0.05) is 19.3 Å². The van der Waals surface area contributed by atoms with Crippen LogP contribution < -0.4 is 0 Å². The second kappa shape index (κ2) is 67.9. The molecule has 6 heteroatoms. The number of carbonyl (C=O) groups is 3. The predicted molar refractivity (Wildman–Crippen MR) is 344 cm³/mol. The van der Waals surface area contributed by atoms with Crippen LogP contribution in [-0.4, -0.2) is 37.2 Å². The van der Waals surface area contributed by atoms with Crippen molar-refractivity contribution in [2.75, 3.05) is 13.2 Å². The molecule has 6 nitrogen and oxygen atoms in total. The van der Waals surface area contributed by atoms with E-state index in [9.17, 15) is 14.4 Å². The molecule has 0 aliphatic heterocycles. The molecule has 0 aliphatic rings. The molecule has 0 aliphatic carbocycles. The number of carbonyl (C=O) groups excluding carboxylic acids is 3. The van der Waals surface area contributed by atoms with E-state index >= 15 is 0 Å². The van der Waals surface area contributed by atoms with Crippen LogP contribution in [0.15, 0.2) is 48.6 Å². The molecular formula is C73H134O6. The third-order valence-corrected chi connectivity index (χ3v) is 15.8. The quantitative estimate of drug-likeness (QED) is 0.0261. The Labute approximate surface area is 492 Å². The first-order valence-corrected chi connectivity index (χ1v) is 35.1. The molecule has 0 bridgehead atoms. The van der Waals surface area contributed by atoms with Crippen molar-refractivity contribution in [3.05, 3.63) is 48.6 Å². The number of hydrogen-bond donors (Lipinski definition) is 0. The van der Waals surface area contributed by atoms with Gasteiger partial charge in [0.2, 0.25) is 0 Å². The molecule has 0 heterocycles. The van der Waals surface area contributed by atoms with Crippen LogP contribution in [0.3, 0.4) is 0 Å². The van der Waals surface area contributed by atoms with E-state index in [1.807, 2.05) is 0 Å². The van der Waals surface area contributed by atoms with Crippen molar-refractivity contribution in [3.63, 3.8) is 0 Å². The van der Waals surface area contributed by atoms with Crippen LogP contribution in [0, 0.1) is 0 Å². The van der Waals surface area contributed by atoms with Gasteiger partial charge >= 0.3 is 17.9 Å². The Morgan fingerprint density at radius 1 is 0.253 bits per heavy atom. The number of rotatable bonds is 65. The van der Waals surface area contributed by atoms with Gasteiger partial charge in [-0.3, -0.25) is 14.4 Å². The minimum atomic E-state index is -0.779. The number of ether oxygens (including phenoxy) is 3. The van der Waals surface area contributed by atoms with Gasteiger partial charge in [0.25, 0.3) is 0 Å². The van der Waals surface area contributed by atoms with Gasteiger partial charge in [-0.1, -0.05) is 326 Å². The van der Waals surface area contributed by atoms with E-state index in [0.717, 1.165) is 77.0 Å². The summed E-state index contributed by atoms with van der Waals surface area (Å²) in [6.07, 6.45) is 85.6. The van der Waals surface area contributed by atoms with Crippen LogP contribution in [0.1, 0.15) is 380 Å². The highest BCUT2D eigenvalue weighted by molar-refractivity contribution is 5.71. The molecule has 0 saturated carbocycles. The lowest BCUT2D eigenvalue weighted by atomic mass is 10.0. The van der Waals surface area contributed by atoms with Gasteiger partial charge < -0.3 is 14.2 Å². The van der Waals surface area contributed by atoms with Gasteiger partial charge in [-0.05, 0) is 83.5 Å².